The Kier molecular flexibility index (Phi) is 3.59. The number of hydrogen-bond acceptors (Lipinski definition) is 3. The Bertz CT molecular complexity index is 558. The highest BCUT2D eigenvalue weighted by Crippen LogP contribution is 2.20. The minimum absolute atomic E-state index is 0.201. The van der Waals surface area contributed by atoms with Crippen LogP contribution >= 0.6 is 0 Å². The molecule has 0 heterocycles. The second kappa shape index (κ2) is 5.33. The van der Waals surface area contributed by atoms with Crippen LogP contribution in [0.2, 0.25) is 0 Å². The molecule has 2 aromatic rings. The summed E-state index contributed by atoms with van der Waals surface area (Å²) >= 11 is 0. The highest BCUT2D eigenvalue weighted by Gasteiger charge is 1.98. The quantitative estimate of drug-likeness (QED) is 0.787. The van der Waals surface area contributed by atoms with Crippen LogP contribution in [0.3, 0.4) is 0 Å². The van der Waals surface area contributed by atoms with Crippen molar-refractivity contribution in [3.8, 4) is 6.07 Å². The summed E-state index contributed by atoms with van der Waals surface area (Å²) in [5.41, 5.74) is 1.72. The van der Waals surface area contributed by atoms with Crippen LogP contribution in [0, 0.1) is 11.3 Å². The molecule has 0 bridgehead atoms. The molecule has 0 saturated heterocycles. The highest BCUT2D eigenvalue weighted by atomic mass is 16.3. The normalized spacial score (nSPS) is 10.1. The Morgan fingerprint density at radius 1 is 1.12 bits per heavy atom. The summed E-state index contributed by atoms with van der Waals surface area (Å²) in [5.74, 6) is 0. The molecule has 86 valence electrons. The Hall–Kier alpha value is -2.05. The fraction of sp³-hybridized carbons (Fsp3) is 0.214. The summed E-state index contributed by atoms with van der Waals surface area (Å²) < 4.78 is 0. The molecule has 0 radical (unpaired) electrons. The Morgan fingerprint density at radius 2 is 1.88 bits per heavy atom. The van der Waals surface area contributed by atoms with Gasteiger partial charge in [-0.25, -0.2) is 0 Å². The third-order valence-corrected chi connectivity index (χ3v) is 2.63. The maximum absolute atomic E-state index is 8.81. The van der Waals surface area contributed by atoms with Gasteiger partial charge < -0.3 is 10.4 Å². The van der Waals surface area contributed by atoms with Gasteiger partial charge in [-0.15, -0.1) is 0 Å². The second-order valence-electron chi connectivity index (χ2n) is 3.89. The van der Waals surface area contributed by atoms with Gasteiger partial charge in [-0.1, -0.05) is 12.1 Å². The van der Waals surface area contributed by atoms with Gasteiger partial charge in [0.2, 0.25) is 0 Å². The first-order valence-corrected chi connectivity index (χ1v) is 5.62. The molecule has 0 aliphatic carbocycles. The van der Waals surface area contributed by atoms with Crippen LogP contribution in [0.4, 0.5) is 5.69 Å². The fourth-order valence-corrected chi connectivity index (χ4v) is 1.74. The summed E-state index contributed by atoms with van der Waals surface area (Å²) in [6, 6.07) is 13.8. The third-order valence-electron chi connectivity index (χ3n) is 2.63. The molecule has 2 aromatic carbocycles. The van der Waals surface area contributed by atoms with Crippen molar-refractivity contribution >= 4 is 16.5 Å². The van der Waals surface area contributed by atoms with E-state index in [1.165, 1.54) is 0 Å². The van der Waals surface area contributed by atoms with E-state index >= 15 is 0 Å². The maximum Gasteiger partial charge on any atom is 0.0991 e. The lowest BCUT2D eigenvalue weighted by Crippen LogP contribution is -2.02. The van der Waals surface area contributed by atoms with Crippen LogP contribution in [0.5, 0.6) is 0 Å². The SMILES string of the molecule is N#Cc1ccc2cc(NCCCO)ccc2c1. The number of benzene rings is 2. The summed E-state index contributed by atoms with van der Waals surface area (Å²) in [6.45, 7) is 0.963. The van der Waals surface area contributed by atoms with Gasteiger partial charge >= 0.3 is 0 Å². The topological polar surface area (TPSA) is 56.0 Å². The molecule has 3 nitrogen and oxygen atoms in total. The third kappa shape index (κ3) is 2.74. The molecule has 0 amide bonds. The molecule has 0 saturated carbocycles. The predicted molar refractivity (Wildman–Crippen MR) is 68.9 cm³/mol. The molecule has 0 spiro atoms. The first-order valence-electron chi connectivity index (χ1n) is 5.62. The number of nitriles is 1. The molecule has 2 N–H and O–H groups in total. The summed E-state index contributed by atoms with van der Waals surface area (Å²) in [5, 5.41) is 22.9. The molecular formula is C14H14N2O. The van der Waals surface area contributed by atoms with E-state index in [1.54, 1.807) is 0 Å². The molecule has 0 fully saturated rings. The first-order chi connectivity index (χ1) is 8.33. The minimum Gasteiger partial charge on any atom is -0.396 e. The second-order valence-corrected chi connectivity index (χ2v) is 3.89. The van der Waals surface area contributed by atoms with Crippen molar-refractivity contribution in [2.24, 2.45) is 0 Å². The first kappa shape index (κ1) is 11.4. The molecule has 0 aromatic heterocycles. The number of rotatable bonds is 4. The Labute approximate surface area is 100 Å². The number of aliphatic hydroxyl groups is 1. The average molecular weight is 226 g/mol. The molecule has 3 heteroatoms. The monoisotopic (exact) mass is 226 g/mol. The highest BCUT2D eigenvalue weighted by molar-refractivity contribution is 5.86. The van der Waals surface area contributed by atoms with Gasteiger partial charge in [0.05, 0.1) is 11.6 Å². The van der Waals surface area contributed by atoms with Crippen molar-refractivity contribution in [3.63, 3.8) is 0 Å². The molecule has 0 aliphatic heterocycles. The number of anilines is 1. The number of hydrogen-bond donors (Lipinski definition) is 2. The molecular weight excluding hydrogens is 212 g/mol. The largest absolute Gasteiger partial charge is 0.396 e. The van der Waals surface area contributed by atoms with E-state index in [-0.39, 0.29) is 6.61 Å². The van der Waals surface area contributed by atoms with E-state index in [0.29, 0.717) is 5.56 Å². The minimum atomic E-state index is 0.201. The van der Waals surface area contributed by atoms with Crippen molar-refractivity contribution in [1.29, 1.82) is 5.26 Å². The van der Waals surface area contributed by atoms with Crippen molar-refractivity contribution in [1.82, 2.24) is 0 Å². The molecule has 17 heavy (non-hydrogen) atoms. The van der Waals surface area contributed by atoms with Crippen molar-refractivity contribution < 1.29 is 5.11 Å². The van der Waals surface area contributed by atoms with Crippen molar-refractivity contribution in [2.45, 2.75) is 6.42 Å². The van der Waals surface area contributed by atoms with Gasteiger partial charge in [0.15, 0.2) is 0 Å². The zero-order valence-electron chi connectivity index (χ0n) is 9.48. The van der Waals surface area contributed by atoms with Gasteiger partial charge in [0, 0.05) is 18.8 Å². The van der Waals surface area contributed by atoms with Crippen LogP contribution < -0.4 is 5.32 Å². The van der Waals surface area contributed by atoms with E-state index < -0.39 is 0 Å². The number of aliphatic hydroxyl groups excluding tert-OH is 1. The summed E-state index contributed by atoms with van der Waals surface area (Å²) in [7, 11) is 0. The van der Waals surface area contributed by atoms with Crippen LogP contribution in [-0.2, 0) is 0 Å². The van der Waals surface area contributed by atoms with Gasteiger partial charge in [-0.05, 0) is 41.5 Å². The smallest absolute Gasteiger partial charge is 0.0991 e. The predicted octanol–water partition coefficient (Wildman–Crippen LogP) is 2.51. The van der Waals surface area contributed by atoms with Gasteiger partial charge in [0.25, 0.3) is 0 Å². The van der Waals surface area contributed by atoms with Gasteiger partial charge in [0.1, 0.15) is 0 Å². The summed E-state index contributed by atoms with van der Waals surface area (Å²) in [6.07, 6.45) is 0.741. The van der Waals surface area contributed by atoms with Gasteiger partial charge in [-0.3, -0.25) is 0 Å². The molecule has 0 unspecified atom stereocenters. The van der Waals surface area contributed by atoms with E-state index in [0.717, 1.165) is 29.4 Å². The lowest BCUT2D eigenvalue weighted by molar-refractivity contribution is 0.292. The van der Waals surface area contributed by atoms with E-state index in [1.807, 2.05) is 36.4 Å². The number of nitrogens with one attached hydrogen (secondary N) is 1. The van der Waals surface area contributed by atoms with Crippen LogP contribution in [-0.4, -0.2) is 18.3 Å². The van der Waals surface area contributed by atoms with Crippen LogP contribution in [0.1, 0.15) is 12.0 Å². The molecule has 0 atom stereocenters. The maximum atomic E-state index is 8.81. The van der Waals surface area contributed by atoms with Gasteiger partial charge in [-0.2, -0.15) is 5.26 Å². The lowest BCUT2D eigenvalue weighted by atomic mass is 10.1. The number of fused-ring (bicyclic) bond motifs is 1. The van der Waals surface area contributed by atoms with Crippen LogP contribution in [0.25, 0.3) is 10.8 Å². The molecule has 0 aliphatic rings. The molecule has 2 rings (SSSR count). The standard InChI is InChI=1S/C14H14N2O/c15-10-11-2-3-13-9-14(16-6-1-7-17)5-4-12(13)8-11/h2-5,8-9,16-17H,1,6-7H2. The Balaban J connectivity index is 2.23. The number of nitrogens with zero attached hydrogens (tertiary/aromatic N) is 1. The average Bonchev–Trinajstić information content (AvgIpc) is 2.38. The Morgan fingerprint density at radius 3 is 2.65 bits per heavy atom. The van der Waals surface area contributed by atoms with E-state index in [2.05, 4.69) is 11.4 Å². The van der Waals surface area contributed by atoms with E-state index in [4.69, 9.17) is 10.4 Å². The van der Waals surface area contributed by atoms with E-state index in [9.17, 15) is 0 Å². The van der Waals surface area contributed by atoms with Crippen LogP contribution in [0.15, 0.2) is 36.4 Å². The summed E-state index contributed by atoms with van der Waals surface area (Å²) in [4.78, 5) is 0. The van der Waals surface area contributed by atoms with Crippen molar-refractivity contribution in [3.05, 3.63) is 42.0 Å². The zero-order valence-corrected chi connectivity index (χ0v) is 9.48. The fourth-order valence-electron chi connectivity index (χ4n) is 1.74. The zero-order chi connectivity index (χ0) is 12.1. The lowest BCUT2D eigenvalue weighted by Gasteiger charge is -2.06. The van der Waals surface area contributed by atoms with Crippen molar-refractivity contribution in [2.75, 3.05) is 18.5 Å².